The van der Waals surface area contributed by atoms with E-state index in [0.717, 1.165) is 38.5 Å². The summed E-state index contributed by atoms with van der Waals surface area (Å²) in [5.41, 5.74) is 0. The molecule has 88 valence electrons. The van der Waals surface area contributed by atoms with Crippen molar-refractivity contribution in [2.75, 3.05) is 43.5 Å². The van der Waals surface area contributed by atoms with E-state index in [-0.39, 0.29) is 0 Å². The van der Waals surface area contributed by atoms with Crippen LogP contribution in [0.1, 0.15) is 0 Å². The summed E-state index contributed by atoms with van der Waals surface area (Å²) in [6.45, 7) is 5.09. The number of hydrogen-bond acceptors (Lipinski definition) is 3. The van der Waals surface area contributed by atoms with Gasteiger partial charge in [0.05, 0.1) is 5.02 Å². The summed E-state index contributed by atoms with van der Waals surface area (Å²) >= 11 is 11.5. The minimum absolute atomic E-state index is 0.685. The number of alkyl halides is 1. The Hall–Kier alpha value is -0.510. The van der Waals surface area contributed by atoms with Crippen molar-refractivity contribution in [3.63, 3.8) is 0 Å². The van der Waals surface area contributed by atoms with Crippen molar-refractivity contribution in [2.24, 2.45) is 0 Å². The Labute approximate surface area is 106 Å². The van der Waals surface area contributed by atoms with Gasteiger partial charge in [0.15, 0.2) is 0 Å². The molecule has 1 aliphatic rings. The van der Waals surface area contributed by atoms with Gasteiger partial charge in [0, 0.05) is 44.8 Å². The van der Waals surface area contributed by atoms with Crippen molar-refractivity contribution in [1.82, 2.24) is 9.88 Å². The lowest BCUT2D eigenvalue weighted by atomic mass is 10.3. The van der Waals surface area contributed by atoms with Gasteiger partial charge in [-0.3, -0.25) is 4.90 Å². The molecule has 0 saturated carbocycles. The summed E-state index contributed by atoms with van der Waals surface area (Å²) in [7, 11) is 0. The summed E-state index contributed by atoms with van der Waals surface area (Å²) < 4.78 is 0. The first kappa shape index (κ1) is 12.0. The maximum atomic E-state index is 5.81. The van der Waals surface area contributed by atoms with Crippen molar-refractivity contribution >= 4 is 29.0 Å². The highest BCUT2D eigenvalue weighted by Crippen LogP contribution is 2.15. The highest BCUT2D eigenvalue weighted by molar-refractivity contribution is 6.30. The third-order valence-electron chi connectivity index (χ3n) is 2.81. The van der Waals surface area contributed by atoms with Crippen molar-refractivity contribution in [2.45, 2.75) is 0 Å². The average Bonchev–Trinajstić information content (AvgIpc) is 2.32. The second-order valence-electron chi connectivity index (χ2n) is 3.85. The minimum Gasteiger partial charge on any atom is -0.354 e. The molecule has 1 saturated heterocycles. The van der Waals surface area contributed by atoms with Gasteiger partial charge in [0.2, 0.25) is 0 Å². The first-order valence-electron chi connectivity index (χ1n) is 5.44. The zero-order chi connectivity index (χ0) is 11.4. The Bertz CT molecular complexity index is 321. The zero-order valence-electron chi connectivity index (χ0n) is 9.07. The number of halogens is 2. The molecule has 0 amide bonds. The van der Waals surface area contributed by atoms with E-state index < -0.39 is 0 Å². The fraction of sp³-hybridized carbons (Fsp3) is 0.545. The molecule has 1 fully saturated rings. The number of piperazine rings is 1. The van der Waals surface area contributed by atoms with Crippen LogP contribution in [0.15, 0.2) is 18.3 Å². The lowest BCUT2D eigenvalue weighted by Gasteiger charge is -2.35. The van der Waals surface area contributed by atoms with Gasteiger partial charge in [0.25, 0.3) is 0 Å². The van der Waals surface area contributed by atoms with Gasteiger partial charge in [-0.05, 0) is 12.1 Å². The van der Waals surface area contributed by atoms with E-state index in [9.17, 15) is 0 Å². The molecule has 1 aromatic heterocycles. The molecule has 0 spiro atoms. The molecule has 0 aliphatic carbocycles. The number of nitrogens with zero attached hydrogens (tertiary/aromatic N) is 3. The number of pyridine rings is 1. The quantitative estimate of drug-likeness (QED) is 0.776. The fourth-order valence-corrected chi connectivity index (χ4v) is 2.23. The van der Waals surface area contributed by atoms with Crippen LogP contribution in [0.5, 0.6) is 0 Å². The summed E-state index contributed by atoms with van der Waals surface area (Å²) in [6, 6.07) is 3.86. The maximum Gasteiger partial charge on any atom is 0.128 e. The molecular weight excluding hydrogens is 245 g/mol. The minimum atomic E-state index is 0.685. The van der Waals surface area contributed by atoms with E-state index in [2.05, 4.69) is 14.8 Å². The molecule has 1 aliphatic heterocycles. The predicted octanol–water partition coefficient (Wildman–Crippen LogP) is 2.10. The Kier molecular flexibility index (Phi) is 4.27. The Morgan fingerprint density at radius 2 is 1.94 bits per heavy atom. The summed E-state index contributed by atoms with van der Waals surface area (Å²) in [5.74, 6) is 1.72. The van der Waals surface area contributed by atoms with E-state index in [1.54, 1.807) is 6.20 Å². The molecule has 16 heavy (non-hydrogen) atoms. The number of hydrogen-bond donors (Lipinski definition) is 0. The molecule has 5 heteroatoms. The maximum absolute atomic E-state index is 5.81. The van der Waals surface area contributed by atoms with Crippen molar-refractivity contribution in [3.8, 4) is 0 Å². The highest BCUT2D eigenvalue weighted by Gasteiger charge is 2.16. The molecule has 0 N–H and O–H groups in total. The molecular formula is C11H15Cl2N3. The van der Waals surface area contributed by atoms with Crippen molar-refractivity contribution in [1.29, 1.82) is 0 Å². The van der Waals surface area contributed by atoms with E-state index in [1.807, 2.05) is 12.1 Å². The molecule has 0 radical (unpaired) electrons. The largest absolute Gasteiger partial charge is 0.354 e. The standard InChI is InChI=1S/C11H15Cl2N3/c12-3-4-15-5-7-16(8-6-15)11-2-1-10(13)9-14-11/h1-2,9H,3-8H2. The van der Waals surface area contributed by atoms with E-state index in [4.69, 9.17) is 23.2 Å². The molecule has 0 bridgehead atoms. The van der Waals surface area contributed by atoms with Crippen LogP contribution in [-0.2, 0) is 0 Å². The molecule has 0 unspecified atom stereocenters. The molecule has 3 nitrogen and oxygen atoms in total. The smallest absolute Gasteiger partial charge is 0.128 e. The zero-order valence-corrected chi connectivity index (χ0v) is 10.6. The van der Waals surface area contributed by atoms with Gasteiger partial charge in [0.1, 0.15) is 5.82 Å². The van der Waals surface area contributed by atoms with Gasteiger partial charge >= 0.3 is 0 Å². The topological polar surface area (TPSA) is 19.4 Å². The van der Waals surface area contributed by atoms with Crippen molar-refractivity contribution in [3.05, 3.63) is 23.4 Å². The normalized spacial score (nSPS) is 17.8. The Balaban J connectivity index is 1.91. The van der Waals surface area contributed by atoms with Crippen LogP contribution in [0.25, 0.3) is 0 Å². The number of rotatable bonds is 3. The van der Waals surface area contributed by atoms with Gasteiger partial charge in [-0.1, -0.05) is 11.6 Å². The summed E-state index contributed by atoms with van der Waals surface area (Å²) in [5, 5.41) is 0.685. The number of anilines is 1. The lowest BCUT2D eigenvalue weighted by molar-refractivity contribution is 0.272. The van der Waals surface area contributed by atoms with Crippen LogP contribution < -0.4 is 4.90 Å². The SMILES string of the molecule is ClCCN1CCN(c2ccc(Cl)cn2)CC1. The van der Waals surface area contributed by atoms with Crippen LogP contribution in [0, 0.1) is 0 Å². The predicted molar refractivity (Wildman–Crippen MR) is 68.6 cm³/mol. The van der Waals surface area contributed by atoms with E-state index in [0.29, 0.717) is 10.9 Å². The van der Waals surface area contributed by atoms with Crippen LogP contribution in [0.3, 0.4) is 0 Å². The first-order valence-corrected chi connectivity index (χ1v) is 6.35. The molecule has 2 rings (SSSR count). The van der Waals surface area contributed by atoms with E-state index in [1.165, 1.54) is 0 Å². The molecule has 0 aromatic carbocycles. The van der Waals surface area contributed by atoms with Crippen LogP contribution in [0.2, 0.25) is 5.02 Å². The second-order valence-corrected chi connectivity index (χ2v) is 4.67. The molecule has 2 heterocycles. The van der Waals surface area contributed by atoms with Crippen LogP contribution in [0.4, 0.5) is 5.82 Å². The highest BCUT2D eigenvalue weighted by atomic mass is 35.5. The summed E-state index contributed by atoms with van der Waals surface area (Å²) in [6.07, 6.45) is 1.70. The Morgan fingerprint density at radius 3 is 2.50 bits per heavy atom. The van der Waals surface area contributed by atoms with Crippen LogP contribution in [-0.4, -0.2) is 48.5 Å². The van der Waals surface area contributed by atoms with E-state index >= 15 is 0 Å². The third-order valence-corrected chi connectivity index (χ3v) is 3.20. The molecule has 0 atom stereocenters. The van der Waals surface area contributed by atoms with Gasteiger partial charge in [-0.15, -0.1) is 11.6 Å². The van der Waals surface area contributed by atoms with Crippen LogP contribution >= 0.6 is 23.2 Å². The molecule has 1 aromatic rings. The monoisotopic (exact) mass is 259 g/mol. The number of aromatic nitrogens is 1. The summed E-state index contributed by atoms with van der Waals surface area (Å²) in [4.78, 5) is 8.98. The van der Waals surface area contributed by atoms with Crippen molar-refractivity contribution < 1.29 is 0 Å². The second kappa shape index (κ2) is 5.71. The average molecular weight is 260 g/mol. The first-order chi connectivity index (χ1) is 7.79. The lowest BCUT2D eigenvalue weighted by Crippen LogP contribution is -2.47. The van der Waals surface area contributed by atoms with Gasteiger partial charge < -0.3 is 4.90 Å². The van der Waals surface area contributed by atoms with Gasteiger partial charge in [-0.25, -0.2) is 4.98 Å². The Morgan fingerprint density at radius 1 is 1.19 bits per heavy atom. The third kappa shape index (κ3) is 3.00. The fourth-order valence-electron chi connectivity index (χ4n) is 1.88. The van der Waals surface area contributed by atoms with Gasteiger partial charge in [-0.2, -0.15) is 0 Å².